The summed E-state index contributed by atoms with van der Waals surface area (Å²) in [5.41, 5.74) is 5.51. The summed E-state index contributed by atoms with van der Waals surface area (Å²) in [6.07, 6.45) is -2.73. The second-order valence-corrected chi connectivity index (χ2v) is 4.41. The maximum atomic E-state index is 12.5. The van der Waals surface area contributed by atoms with Gasteiger partial charge >= 0.3 is 6.18 Å². The third kappa shape index (κ3) is 4.27. The van der Waals surface area contributed by atoms with Crippen LogP contribution < -0.4 is 5.73 Å². The normalized spacial score (nSPS) is 25.7. The standard InChI is InChI=1S/C10H19F3N2O/c11-10(12,13)8-2-1-4-15(6-8)5-3-9(14)7-16/h8-9,16H,1-7,14H2. The van der Waals surface area contributed by atoms with E-state index < -0.39 is 12.1 Å². The lowest BCUT2D eigenvalue weighted by Gasteiger charge is -2.34. The molecule has 6 heteroatoms. The van der Waals surface area contributed by atoms with Crippen LogP contribution in [-0.2, 0) is 0 Å². The molecule has 0 aromatic rings. The van der Waals surface area contributed by atoms with Gasteiger partial charge in [0, 0.05) is 12.6 Å². The van der Waals surface area contributed by atoms with E-state index in [-0.39, 0.29) is 25.6 Å². The molecule has 0 aliphatic carbocycles. The zero-order valence-corrected chi connectivity index (χ0v) is 9.21. The Bertz CT molecular complexity index is 211. The molecule has 1 fully saturated rings. The Kier molecular flexibility index (Phi) is 5.01. The summed E-state index contributed by atoms with van der Waals surface area (Å²) in [5.74, 6) is -1.20. The van der Waals surface area contributed by atoms with Crippen molar-refractivity contribution in [2.75, 3.05) is 26.2 Å². The molecule has 3 nitrogen and oxygen atoms in total. The third-order valence-electron chi connectivity index (χ3n) is 3.02. The number of nitrogens with zero attached hydrogens (tertiary/aromatic N) is 1. The van der Waals surface area contributed by atoms with Crippen LogP contribution >= 0.6 is 0 Å². The van der Waals surface area contributed by atoms with Crippen LogP contribution in [0.15, 0.2) is 0 Å². The lowest BCUT2D eigenvalue weighted by Crippen LogP contribution is -2.43. The SMILES string of the molecule is NC(CO)CCN1CCCC(C(F)(F)F)C1. The molecular weight excluding hydrogens is 221 g/mol. The van der Waals surface area contributed by atoms with E-state index in [1.165, 1.54) is 0 Å². The number of piperidine rings is 1. The topological polar surface area (TPSA) is 49.5 Å². The minimum atomic E-state index is -4.09. The number of nitrogens with two attached hydrogens (primary N) is 1. The molecule has 16 heavy (non-hydrogen) atoms. The molecule has 2 atom stereocenters. The van der Waals surface area contributed by atoms with E-state index in [0.29, 0.717) is 25.9 Å². The number of rotatable bonds is 4. The second kappa shape index (κ2) is 5.84. The molecule has 2 unspecified atom stereocenters. The van der Waals surface area contributed by atoms with Gasteiger partial charge in [-0.3, -0.25) is 0 Å². The molecule has 0 radical (unpaired) electrons. The summed E-state index contributed by atoms with van der Waals surface area (Å²) in [6.45, 7) is 1.19. The number of aliphatic hydroxyl groups excluding tert-OH is 1. The van der Waals surface area contributed by atoms with Gasteiger partial charge < -0.3 is 15.7 Å². The van der Waals surface area contributed by atoms with Gasteiger partial charge in [-0.1, -0.05) is 0 Å². The molecule has 96 valence electrons. The van der Waals surface area contributed by atoms with E-state index in [9.17, 15) is 13.2 Å². The predicted octanol–water partition coefficient (Wildman–Crippen LogP) is 0.970. The van der Waals surface area contributed by atoms with Crippen molar-refractivity contribution < 1.29 is 18.3 Å². The van der Waals surface area contributed by atoms with E-state index in [2.05, 4.69) is 0 Å². The Morgan fingerprint density at radius 1 is 1.44 bits per heavy atom. The second-order valence-electron chi connectivity index (χ2n) is 4.41. The molecule has 1 aliphatic heterocycles. The zero-order valence-electron chi connectivity index (χ0n) is 9.21. The number of likely N-dealkylation sites (tertiary alicyclic amines) is 1. The van der Waals surface area contributed by atoms with E-state index in [4.69, 9.17) is 10.8 Å². The highest BCUT2D eigenvalue weighted by atomic mass is 19.4. The Labute approximate surface area is 93.4 Å². The summed E-state index contributed by atoms with van der Waals surface area (Å²) in [6, 6.07) is -0.328. The molecule has 0 saturated carbocycles. The van der Waals surface area contributed by atoms with E-state index >= 15 is 0 Å². The van der Waals surface area contributed by atoms with Gasteiger partial charge in [-0.2, -0.15) is 13.2 Å². The Morgan fingerprint density at radius 3 is 2.69 bits per heavy atom. The third-order valence-corrected chi connectivity index (χ3v) is 3.02. The monoisotopic (exact) mass is 240 g/mol. The van der Waals surface area contributed by atoms with Crippen molar-refractivity contribution in [3.8, 4) is 0 Å². The first-order chi connectivity index (χ1) is 7.43. The van der Waals surface area contributed by atoms with Crippen molar-refractivity contribution in [3.63, 3.8) is 0 Å². The molecule has 1 aliphatic rings. The van der Waals surface area contributed by atoms with E-state index in [1.807, 2.05) is 0 Å². The van der Waals surface area contributed by atoms with Gasteiger partial charge in [-0.05, 0) is 32.4 Å². The van der Waals surface area contributed by atoms with Gasteiger partial charge in [0.2, 0.25) is 0 Å². The van der Waals surface area contributed by atoms with Gasteiger partial charge in [0.05, 0.1) is 12.5 Å². The molecule has 1 saturated heterocycles. The van der Waals surface area contributed by atoms with Crippen LogP contribution in [0.3, 0.4) is 0 Å². The Balaban J connectivity index is 2.33. The van der Waals surface area contributed by atoms with Crippen molar-refractivity contribution in [2.24, 2.45) is 11.7 Å². The van der Waals surface area contributed by atoms with E-state index in [1.54, 1.807) is 4.90 Å². The fourth-order valence-corrected chi connectivity index (χ4v) is 1.97. The van der Waals surface area contributed by atoms with Gasteiger partial charge in [0.15, 0.2) is 0 Å². The maximum absolute atomic E-state index is 12.5. The summed E-state index contributed by atoms with van der Waals surface area (Å²) in [7, 11) is 0. The highest BCUT2D eigenvalue weighted by molar-refractivity contribution is 4.78. The first kappa shape index (κ1) is 13.7. The lowest BCUT2D eigenvalue weighted by atomic mass is 9.97. The van der Waals surface area contributed by atoms with Gasteiger partial charge in [-0.25, -0.2) is 0 Å². The number of halogens is 3. The summed E-state index contributed by atoms with van der Waals surface area (Å²) in [5, 5.41) is 8.72. The summed E-state index contributed by atoms with van der Waals surface area (Å²) in [4.78, 5) is 1.79. The first-order valence-corrected chi connectivity index (χ1v) is 5.59. The highest BCUT2D eigenvalue weighted by Crippen LogP contribution is 2.33. The van der Waals surface area contributed by atoms with Crippen molar-refractivity contribution in [2.45, 2.75) is 31.5 Å². The quantitative estimate of drug-likeness (QED) is 0.770. The number of alkyl halides is 3. The summed E-state index contributed by atoms with van der Waals surface area (Å²) < 4.78 is 37.5. The van der Waals surface area contributed by atoms with Crippen LogP contribution in [0.2, 0.25) is 0 Å². The van der Waals surface area contributed by atoms with Crippen LogP contribution in [0.5, 0.6) is 0 Å². The predicted molar refractivity (Wildman–Crippen MR) is 54.9 cm³/mol. The fourth-order valence-electron chi connectivity index (χ4n) is 1.97. The largest absolute Gasteiger partial charge is 0.395 e. The highest BCUT2D eigenvalue weighted by Gasteiger charge is 2.41. The Morgan fingerprint density at radius 2 is 2.12 bits per heavy atom. The molecule has 0 amide bonds. The minimum absolute atomic E-state index is 0.0711. The number of hydrogen-bond acceptors (Lipinski definition) is 3. The maximum Gasteiger partial charge on any atom is 0.393 e. The van der Waals surface area contributed by atoms with Gasteiger partial charge in [0.1, 0.15) is 0 Å². The van der Waals surface area contributed by atoms with Crippen LogP contribution in [0.1, 0.15) is 19.3 Å². The molecule has 3 N–H and O–H groups in total. The van der Waals surface area contributed by atoms with Crippen LogP contribution in [0.25, 0.3) is 0 Å². The van der Waals surface area contributed by atoms with Crippen molar-refractivity contribution in [1.82, 2.24) is 4.90 Å². The van der Waals surface area contributed by atoms with Crippen molar-refractivity contribution >= 4 is 0 Å². The van der Waals surface area contributed by atoms with Crippen molar-refractivity contribution in [1.29, 1.82) is 0 Å². The summed E-state index contributed by atoms with van der Waals surface area (Å²) >= 11 is 0. The number of hydrogen-bond donors (Lipinski definition) is 2. The molecular formula is C10H19F3N2O. The van der Waals surface area contributed by atoms with Crippen molar-refractivity contribution in [3.05, 3.63) is 0 Å². The number of aliphatic hydroxyl groups is 1. The van der Waals surface area contributed by atoms with E-state index in [0.717, 1.165) is 0 Å². The first-order valence-electron chi connectivity index (χ1n) is 5.59. The zero-order chi connectivity index (χ0) is 12.2. The molecule has 0 aromatic carbocycles. The molecule has 1 heterocycles. The average Bonchev–Trinajstić information content (AvgIpc) is 2.25. The van der Waals surface area contributed by atoms with Gasteiger partial charge in [-0.15, -0.1) is 0 Å². The minimum Gasteiger partial charge on any atom is -0.395 e. The van der Waals surface area contributed by atoms with Crippen LogP contribution in [0.4, 0.5) is 13.2 Å². The lowest BCUT2D eigenvalue weighted by molar-refractivity contribution is -0.186. The molecule has 1 rings (SSSR count). The average molecular weight is 240 g/mol. The Hall–Kier alpha value is -0.330. The fraction of sp³-hybridized carbons (Fsp3) is 1.00. The van der Waals surface area contributed by atoms with Crippen LogP contribution in [0, 0.1) is 5.92 Å². The smallest absolute Gasteiger partial charge is 0.393 e. The van der Waals surface area contributed by atoms with Gasteiger partial charge in [0.25, 0.3) is 0 Å². The molecule has 0 bridgehead atoms. The molecule has 0 spiro atoms. The molecule has 0 aromatic heterocycles. The van der Waals surface area contributed by atoms with Crippen LogP contribution in [-0.4, -0.2) is 48.5 Å².